The van der Waals surface area contributed by atoms with E-state index in [1.807, 2.05) is 12.3 Å². The number of nitrogens with two attached hydrogens (primary N) is 1. The highest BCUT2D eigenvalue weighted by Crippen LogP contribution is 2.31. The molecule has 0 aromatic carbocycles. The van der Waals surface area contributed by atoms with Crippen LogP contribution in [0.2, 0.25) is 0 Å². The maximum atomic E-state index is 6.20. The van der Waals surface area contributed by atoms with Crippen molar-refractivity contribution < 1.29 is 4.74 Å². The second-order valence-corrected chi connectivity index (χ2v) is 4.99. The minimum absolute atomic E-state index is 0.0956. The minimum Gasteiger partial charge on any atom is -0.495 e. The Kier molecular flexibility index (Phi) is 4.37. The molecule has 0 spiro atoms. The van der Waals surface area contributed by atoms with Gasteiger partial charge in [0.25, 0.3) is 0 Å². The molecular weight excluding hydrogens is 212 g/mol. The predicted octanol–water partition coefficient (Wildman–Crippen LogP) is 3.06. The summed E-state index contributed by atoms with van der Waals surface area (Å²) < 4.78 is 5.16. The standard InChI is InChI=1S/C14H22N2O/c1-17-13-8-12(9-16-10-13)14(15)7-6-11-4-2-3-5-11/h8-11,14H,2-7,15H2,1H3. The zero-order chi connectivity index (χ0) is 12.1. The van der Waals surface area contributed by atoms with Crippen LogP contribution in [0.25, 0.3) is 0 Å². The lowest BCUT2D eigenvalue weighted by Gasteiger charge is -2.15. The Balaban J connectivity index is 1.87. The van der Waals surface area contributed by atoms with Crippen molar-refractivity contribution in [1.29, 1.82) is 0 Å². The van der Waals surface area contributed by atoms with Crippen molar-refractivity contribution >= 4 is 0 Å². The summed E-state index contributed by atoms with van der Waals surface area (Å²) in [5.41, 5.74) is 7.29. The van der Waals surface area contributed by atoms with Gasteiger partial charge in [-0.2, -0.15) is 0 Å². The summed E-state index contributed by atoms with van der Waals surface area (Å²) in [5.74, 6) is 1.69. The number of ether oxygens (including phenoxy) is 1. The molecule has 0 aliphatic heterocycles. The Hall–Kier alpha value is -1.09. The number of hydrogen-bond donors (Lipinski definition) is 1. The first kappa shape index (κ1) is 12.4. The molecule has 1 fully saturated rings. The van der Waals surface area contributed by atoms with Gasteiger partial charge in [-0.3, -0.25) is 4.98 Å². The lowest BCUT2D eigenvalue weighted by atomic mass is 9.96. The van der Waals surface area contributed by atoms with Crippen molar-refractivity contribution in [2.45, 2.75) is 44.6 Å². The molecule has 1 saturated carbocycles. The van der Waals surface area contributed by atoms with Gasteiger partial charge in [0.05, 0.1) is 13.3 Å². The largest absolute Gasteiger partial charge is 0.495 e. The monoisotopic (exact) mass is 234 g/mol. The van der Waals surface area contributed by atoms with Crippen LogP contribution in [-0.2, 0) is 0 Å². The molecule has 1 aliphatic rings. The smallest absolute Gasteiger partial charge is 0.137 e. The van der Waals surface area contributed by atoms with E-state index in [1.165, 1.54) is 32.1 Å². The van der Waals surface area contributed by atoms with Gasteiger partial charge in [-0.25, -0.2) is 0 Å². The number of nitrogens with zero attached hydrogens (tertiary/aromatic N) is 1. The van der Waals surface area contributed by atoms with Crippen molar-refractivity contribution in [3.05, 3.63) is 24.0 Å². The fourth-order valence-electron chi connectivity index (χ4n) is 2.63. The van der Waals surface area contributed by atoms with Gasteiger partial charge in [-0.1, -0.05) is 25.7 Å². The predicted molar refractivity (Wildman–Crippen MR) is 68.9 cm³/mol. The molecule has 1 atom stereocenters. The molecule has 1 aromatic rings. The fourth-order valence-corrected chi connectivity index (χ4v) is 2.63. The van der Waals surface area contributed by atoms with Crippen LogP contribution in [0.3, 0.4) is 0 Å². The Bertz CT molecular complexity index is 348. The molecule has 1 aliphatic carbocycles. The molecule has 0 saturated heterocycles. The SMILES string of the molecule is COc1cncc(C(N)CCC2CCCC2)c1. The van der Waals surface area contributed by atoms with Crippen LogP contribution in [0.4, 0.5) is 0 Å². The summed E-state index contributed by atoms with van der Waals surface area (Å²) in [6.07, 6.45) is 11.5. The van der Waals surface area contributed by atoms with E-state index < -0.39 is 0 Å². The number of rotatable bonds is 5. The third-order valence-corrected chi connectivity index (χ3v) is 3.76. The van der Waals surface area contributed by atoms with Crippen LogP contribution in [0.15, 0.2) is 18.5 Å². The molecule has 2 N–H and O–H groups in total. The first-order valence-electron chi connectivity index (χ1n) is 6.54. The molecule has 0 bridgehead atoms. The van der Waals surface area contributed by atoms with Gasteiger partial charge in [-0.15, -0.1) is 0 Å². The Labute approximate surface area is 103 Å². The maximum Gasteiger partial charge on any atom is 0.137 e. The highest BCUT2D eigenvalue weighted by Gasteiger charge is 2.16. The lowest BCUT2D eigenvalue weighted by molar-refractivity contribution is 0.410. The van der Waals surface area contributed by atoms with E-state index >= 15 is 0 Å². The Morgan fingerprint density at radius 1 is 1.41 bits per heavy atom. The van der Waals surface area contributed by atoms with Gasteiger partial charge in [-0.05, 0) is 30.4 Å². The normalized spacial score (nSPS) is 18.2. The summed E-state index contributed by atoms with van der Waals surface area (Å²) in [6, 6.07) is 2.09. The summed E-state index contributed by atoms with van der Waals surface area (Å²) >= 11 is 0. The molecule has 1 heterocycles. The quantitative estimate of drug-likeness (QED) is 0.851. The number of pyridine rings is 1. The third kappa shape index (κ3) is 3.43. The molecule has 3 nitrogen and oxygen atoms in total. The first-order chi connectivity index (χ1) is 8.29. The number of methoxy groups -OCH3 is 1. The molecule has 3 heteroatoms. The van der Waals surface area contributed by atoms with E-state index in [0.29, 0.717) is 0 Å². The molecule has 0 amide bonds. The maximum absolute atomic E-state index is 6.20. The van der Waals surface area contributed by atoms with Crippen LogP contribution in [0.1, 0.15) is 50.1 Å². The van der Waals surface area contributed by atoms with Gasteiger partial charge in [0.2, 0.25) is 0 Å². The second kappa shape index (κ2) is 6.01. The van der Waals surface area contributed by atoms with Crippen LogP contribution >= 0.6 is 0 Å². The topological polar surface area (TPSA) is 48.1 Å². The van der Waals surface area contributed by atoms with Crippen molar-refractivity contribution in [1.82, 2.24) is 4.98 Å². The van der Waals surface area contributed by atoms with Gasteiger partial charge < -0.3 is 10.5 Å². The van der Waals surface area contributed by atoms with Crippen molar-refractivity contribution in [2.24, 2.45) is 11.7 Å². The third-order valence-electron chi connectivity index (χ3n) is 3.76. The van der Waals surface area contributed by atoms with Crippen molar-refractivity contribution in [2.75, 3.05) is 7.11 Å². The highest BCUT2D eigenvalue weighted by molar-refractivity contribution is 5.25. The van der Waals surface area contributed by atoms with Crippen LogP contribution in [-0.4, -0.2) is 12.1 Å². The summed E-state index contributed by atoms with van der Waals surface area (Å²) in [6.45, 7) is 0. The first-order valence-corrected chi connectivity index (χ1v) is 6.54. The number of aromatic nitrogens is 1. The van der Waals surface area contributed by atoms with Gasteiger partial charge in [0.15, 0.2) is 0 Å². The molecule has 1 aromatic heterocycles. The lowest BCUT2D eigenvalue weighted by Crippen LogP contribution is -2.12. The fraction of sp³-hybridized carbons (Fsp3) is 0.643. The molecule has 1 unspecified atom stereocenters. The zero-order valence-electron chi connectivity index (χ0n) is 10.6. The molecule has 17 heavy (non-hydrogen) atoms. The minimum atomic E-state index is 0.0956. The average Bonchev–Trinajstić information content (AvgIpc) is 2.89. The molecule has 2 rings (SSSR count). The summed E-state index contributed by atoms with van der Waals surface area (Å²) in [4.78, 5) is 4.15. The van der Waals surface area contributed by atoms with Gasteiger partial charge >= 0.3 is 0 Å². The van der Waals surface area contributed by atoms with Crippen molar-refractivity contribution in [3.63, 3.8) is 0 Å². The van der Waals surface area contributed by atoms with E-state index in [0.717, 1.165) is 23.7 Å². The summed E-state index contributed by atoms with van der Waals surface area (Å²) in [5, 5.41) is 0. The molecular formula is C14H22N2O. The van der Waals surface area contributed by atoms with Crippen LogP contribution in [0, 0.1) is 5.92 Å². The number of hydrogen-bond acceptors (Lipinski definition) is 3. The molecule has 0 radical (unpaired) electrons. The van der Waals surface area contributed by atoms with Gasteiger partial charge in [0.1, 0.15) is 5.75 Å². The van der Waals surface area contributed by atoms with E-state index in [9.17, 15) is 0 Å². The van der Waals surface area contributed by atoms with E-state index in [-0.39, 0.29) is 6.04 Å². The van der Waals surface area contributed by atoms with E-state index in [1.54, 1.807) is 13.3 Å². The van der Waals surface area contributed by atoms with E-state index in [2.05, 4.69) is 4.98 Å². The Morgan fingerprint density at radius 3 is 2.88 bits per heavy atom. The molecule has 94 valence electrons. The highest BCUT2D eigenvalue weighted by atomic mass is 16.5. The van der Waals surface area contributed by atoms with Crippen LogP contribution in [0.5, 0.6) is 5.75 Å². The van der Waals surface area contributed by atoms with Crippen molar-refractivity contribution in [3.8, 4) is 5.75 Å². The summed E-state index contributed by atoms with van der Waals surface area (Å²) in [7, 11) is 1.66. The van der Waals surface area contributed by atoms with Crippen LogP contribution < -0.4 is 10.5 Å². The van der Waals surface area contributed by atoms with E-state index in [4.69, 9.17) is 10.5 Å². The Morgan fingerprint density at radius 2 is 2.18 bits per heavy atom. The zero-order valence-corrected chi connectivity index (χ0v) is 10.6. The second-order valence-electron chi connectivity index (χ2n) is 4.99. The van der Waals surface area contributed by atoms with Gasteiger partial charge in [0, 0.05) is 12.2 Å². The average molecular weight is 234 g/mol.